The van der Waals surface area contributed by atoms with Crippen molar-refractivity contribution >= 4 is 17.7 Å². The molecule has 0 spiro atoms. The van der Waals surface area contributed by atoms with E-state index in [0.717, 1.165) is 30.5 Å². The number of carboxylic acids is 1. The number of anilines is 1. The fourth-order valence-corrected chi connectivity index (χ4v) is 3.19. The van der Waals surface area contributed by atoms with Gasteiger partial charge in [0.05, 0.1) is 0 Å². The van der Waals surface area contributed by atoms with E-state index >= 15 is 0 Å². The topological polar surface area (TPSA) is 69.6 Å². The van der Waals surface area contributed by atoms with Crippen molar-refractivity contribution in [2.45, 2.75) is 37.6 Å². The standard InChI is InChI=1S/C15H18N2O3/c18-13(19)15(8-3-4-9-15)16-14(20)17-10-7-11-5-1-2-6-12(11)17/h1-2,5-6H,3-4,7-10H2,(H,16,20)(H,18,19). The summed E-state index contributed by atoms with van der Waals surface area (Å²) in [4.78, 5) is 25.6. The summed E-state index contributed by atoms with van der Waals surface area (Å²) in [5.74, 6) is -0.921. The average molecular weight is 274 g/mol. The molecule has 0 aromatic heterocycles. The van der Waals surface area contributed by atoms with Crippen LogP contribution in [0.1, 0.15) is 31.2 Å². The lowest BCUT2D eigenvalue weighted by molar-refractivity contribution is -0.144. The number of rotatable bonds is 2. The summed E-state index contributed by atoms with van der Waals surface area (Å²) in [5.41, 5.74) is 0.955. The second-order valence-electron chi connectivity index (χ2n) is 5.55. The normalized spacial score (nSPS) is 19.7. The van der Waals surface area contributed by atoms with Crippen LogP contribution in [0.15, 0.2) is 24.3 Å². The van der Waals surface area contributed by atoms with Crippen LogP contribution in [0.25, 0.3) is 0 Å². The van der Waals surface area contributed by atoms with E-state index in [9.17, 15) is 14.7 Å². The van der Waals surface area contributed by atoms with Crippen molar-refractivity contribution in [3.05, 3.63) is 29.8 Å². The van der Waals surface area contributed by atoms with Crippen LogP contribution in [0.4, 0.5) is 10.5 Å². The number of aliphatic carboxylic acids is 1. The molecule has 106 valence electrons. The molecule has 0 radical (unpaired) electrons. The maximum absolute atomic E-state index is 12.4. The number of nitrogens with zero attached hydrogens (tertiary/aromatic N) is 1. The minimum Gasteiger partial charge on any atom is -0.480 e. The summed E-state index contributed by atoms with van der Waals surface area (Å²) < 4.78 is 0. The van der Waals surface area contributed by atoms with Crippen molar-refractivity contribution in [3.63, 3.8) is 0 Å². The fourth-order valence-electron chi connectivity index (χ4n) is 3.19. The lowest BCUT2D eigenvalue weighted by atomic mass is 9.98. The van der Waals surface area contributed by atoms with Crippen LogP contribution < -0.4 is 10.2 Å². The average Bonchev–Trinajstić information content (AvgIpc) is 3.05. The molecule has 1 heterocycles. The molecule has 0 bridgehead atoms. The monoisotopic (exact) mass is 274 g/mol. The Balaban J connectivity index is 1.79. The zero-order chi connectivity index (χ0) is 14.2. The van der Waals surface area contributed by atoms with Gasteiger partial charge in [-0.1, -0.05) is 31.0 Å². The molecule has 1 aromatic rings. The summed E-state index contributed by atoms with van der Waals surface area (Å²) in [7, 11) is 0. The van der Waals surface area contributed by atoms with Crippen molar-refractivity contribution in [1.82, 2.24) is 5.32 Å². The highest BCUT2D eigenvalue weighted by molar-refractivity contribution is 5.97. The largest absolute Gasteiger partial charge is 0.480 e. The molecule has 0 atom stereocenters. The molecule has 5 heteroatoms. The lowest BCUT2D eigenvalue weighted by Crippen LogP contribution is -2.56. The van der Waals surface area contributed by atoms with Gasteiger partial charge >= 0.3 is 12.0 Å². The number of para-hydroxylation sites is 1. The molecule has 20 heavy (non-hydrogen) atoms. The van der Waals surface area contributed by atoms with Gasteiger partial charge in [0.25, 0.3) is 0 Å². The lowest BCUT2D eigenvalue weighted by Gasteiger charge is -2.28. The first-order valence-electron chi connectivity index (χ1n) is 7.03. The molecule has 2 amide bonds. The molecule has 1 aliphatic heterocycles. The third-order valence-electron chi connectivity index (χ3n) is 4.35. The Morgan fingerprint density at radius 1 is 1.20 bits per heavy atom. The molecular weight excluding hydrogens is 256 g/mol. The van der Waals surface area contributed by atoms with Crippen molar-refractivity contribution < 1.29 is 14.7 Å². The number of carbonyl (C=O) groups excluding carboxylic acids is 1. The van der Waals surface area contributed by atoms with Crippen molar-refractivity contribution in [1.29, 1.82) is 0 Å². The number of nitrogens with one attached hydrogen (secondary N) is 1. The van der Waals surface area contributed by atoms with Crippen molar-refractivity contribution in [2.75, 3.05) is 11.4 Å². The number of urea groups is 1. The first-order valence-corrected chi connectivity index (χ1v) is 7.03. The first-order chi connectivity index (χ1) is 9.62. The molecule has 2 N–H and O–H groups in total. The van der Waals surface area contributed by atoms with Gasteiger partial charge < -0.3 is 10.4 Å². The fraction of sp³-hybridized carbons (Fsp3) is 0.467. The van der Waals surface area contributed by atoms with E-state index in [-0.39, 0.29) is 6.03 Å². The van der Waals surface area contributed by atoms with E-state index in [4.69, 9.17) is 0 Å². The molecule has 1 saturated carbocycles. The number of benzene rings is 1. The van der Waals surface area contributed by atoms with Crippen LogP contribution >= 0.6 is 0 Å². The number of hydrogen-bond donors (Lipinski definition) is 2. The third-order valence-corrected chi connectivity index (χ3v) is 4.35. The number of fused-ring (bicyclic) bond motifs is 1. The minimum atomic E-state index is -1.07. The van der Waals surface area contributed by atoms with Gasteiger partial charge in [-0.2, -0.15) is 0 Å². The van der Waals surface area contributed by atoms with Gasteiger partial charge in [-0.15, -0.1) is 0 Å². The number of hydrogen-bond acceptors (Lipinski definition) is 2. The van der Waals surface area contributed by atoms with Crippen LogP contribution in [-0.4, -0.2) is 29.2 Å². The smallest absolute Gasteiger partial charge is 0.329 e. The Hall–Kier alpha value is -2.04. The summed E-state index contributed by atoms with van der Waals surface area (Å²) in [6, 6.07) is 7.47. The highest BCUT2D eigenvalue weighted by Crippen LogP contribution is 2.32. The van der Waals surface area contributed by atoms with E-state index in [2.05, 4.69) is 5.32 Å². The zero-order valence-corrected chi connectivity index (χ0v) is 11.3. The molecule has 1 aromatic carbocycles. The van der Waals surface area contributed by atoms with Crippen molar-refractivity contribution in [3.8, 4) is 0 Å². The zero-order valence-electron chi connectivity index (χ0n) is 11.3. The van der Waals surface area contributed by atoms with Crippen LogP contribution in [0, 0.1) is 0 Å². The second kappa shape index (κ2) is 4.81. The van der Waals surface area contributed by atoms with E-state index in [1.807, 2.05) is 24.3 Å². The summed E-state index contributed by atoms with van der Waals surface area (Å²) in [5, 5.41) is 12.2. The number of carbonyl (C=O) groups is 2. The summed E-state index contributed by atoms with van der Waals surface area (Å²) in [6.45, 7) is 0.612. The SMILES string of the molecule is O=C(NC1(C(=O)O)CCCC1)N1CCc2ccccc21. The van der Waals surface area contributed by atoms with Gasteiger partial charge in [0.2, 0.25) is 0 Å². The van der Waals surface area contributed by atoms with Crippen LogP contribution in [0.3, 0.4) is 0 Å². The number of amides is 2. The molecule has 1 fully saturated rings. The van der Waals surface area contributed by atoms with Crippen LogP contribution in [-0.2, 0) is 11.2 Å². The number of carboxylic acid groups (broad SMARTS) is 1. The third kappa shape index (κ3) is 2.03. The predicted molar refractivity (Wildman–Crippen MR) is 74.9 cm³/mol. The maximum atomic E-state index is 12.4. The molecule has 0 saturated heterocycles. The van der Waals surface area contributed by atoms with Crippen LogP contribution in [0.5, 0.6) is 0 Å². The van der Waals surface area contributed by atoms with E-state index in [0.29, 0.717) is 19.4 Å². The predicted octanol–water partition coefficient (Wildman–Crippen LogP) is 2.16. The van der Waals surface area contributed by atoms with Gasteiger partial charge in [0.1, 0.15) is 5.54 Å². The van der Waals surface area contributed by atoms with Gasteiger partial charge in [0.15, 0.2) is 0 Å². The van der Waals surface area contributed by atoms with E-state index < -0.39 is 11.5 Å². The quantitative estimate of drug-likeness (QED) is 0.868. The summed E-state index contributed by atoms with van der Waals surface area (Å²) in [6.07, 6.45) is 3.56. The first kappa shape index (κ1) is 13.0. The molecule has 1 aliphatic carbocycles. The Bertz CT molecular complexity index is 550. The van der Waals surface area contributed by atoms with Crippen LogP contribution in [0.2, 0.25) is 0 Å². The van der Waals surface area contributed by atoms with E-state index in [1.165, 1.54) is 0 Å². The molecular formula is C15H18N2O3. The van der Waals surface area contributed by atoms with Gasteiger partial charge in [-0.25, -0.2) is 9.59 Å². The Kier molecular flexibility index (Phi) is 3.12. The van der Waals surface area contributed by atoms with E-state index in [1.54, 1.807) is 4.90 Å². The van der Waals surface area contributed by atoms with Gasteiger partial charge in [-0.05, 0) is 30.9 Å². The molecule has 2 aliphatic rings. The van der Waals surface area contributed by atoms with Gasteiger partial charge in [0, 0.05) is 12.2 Å². The summed E-state index contributed by atoms with van der Waals surface area (Å²) >= 11 is 0. The Labute approximate surface area is 117 Å². The molecule has 0 unspecified atom stereocenters. The second-order valence-corrected chi connectivity index (χ2v) is 5.55. The highest BCUT2D eigenvalue weighted by atomic mass is 16.4. The maximum Gasteiger partial charge on any atom is 0.329 e. The molecule has 3 rings (SSSR count). The van der Waals surface area contributed by atoms with Gasteiger partial charge in [-0.3, -0.25) is 4.90 Å². The Morgan fingerprint density at radius 3 is 2.60 bits per heavy atom. The molecule has 5 nitrogen and oxygen atoms in total. The minimum absolute atomic E-state index is 0.292. The Morgan fingerprint density at radius 2 is 1.90 bits per heavy atom. The van der Waals surface area contributed by atoms with Crippen molar-refractivity contribution in [2.24, 2.45) is 0 Å². The highest BCUT2D eigenvalue weighted by Gasteiger charge is 2.44.